The molecule has 5 heteroatoms. The summed E-state index contributed by atoms with van der Waals surface area (Å²) < 4.78 is 5.39. The van der Waals surface area contributed by atoms with Gasteiger partial charge in [0.1, 0.15) is 0 Å². The van der Waals surface area contributed by atoms with Gasteiger partial charge in [-0.15, -0.1) is 0 Å². The fraction of sp³-hybridized carbons (Fsp3) is 0.500. The monoisotopic (exact) mass is 284 g/mol. The third kappa shape index (κ3) is 6.45. The molecule has 4 nitrogen and oxygen atoms in total. The van der Waals surface area contributed by atoms with E-state index in [2.05, 4.69) is 19.2 Å². The highest BCUT2D eigenvalue weighted by atomic mass is 35.5. The number of rotatable bonds is 7. The summed E-state index contributed by atoms with van der Waals surface area (Å²) in [5.74, 6) is 0.501. The van der Waals surface area contributed by atoms with Gasteiger partial charge in [-0.1, -0.05) is 25.4 Å². The molecule has 0 fully saturated rings. The van der Waals surface area contributed by atoms with E-state index >= 15 is 0 Å². The molecule has 0 saturated carbocycles. The Labute approximate surface area is 119 Å². The van der Waals surface area contributed by atoms with Crippen molar-refractivity contribution in [1.82, 2.24) is 0 Å². The van der Waals surface area contributed by atoms with Crippen molar-refractivity contribution in [2.24, 2.45) is 5.92 Å². The largest absolute Gasteiger partial charge is 0.397 e. The molecule has 1 rings (SSSR count). The number of nitrogens with one attached hydrogen (secondary N) is 1. The summed E-state index contributed by atoms with van der Waals surface area (Å²) >= 11 is 5.78. The molecule has 1 aromatic rings. The number of amides is 1. The van der Waals surface area contributed by atoms with Gasteiger partial charge in [0.2, 0.25) is 5.91 Å². The van der Waals surface area contributed by atoms with E-state index in [0.29, 0.717) is 41.9 Å². The molecular weight excluding hydrogens is 264 g/mol. The Morgan fingerprint density at radius 3 is 2.79 bits per heavy atom. The fourth-order valence-electron chi connectivity index (χ4n) is 1.45. The van der Waals surface area contributed by atoms with E-state index < -0.39 is 0 Å². The number of benzene rings is 1. The molecule has 0 unspecified atom stereocenters. The number of hydrogen-bond acceptors (Lipinski definition) is 3. The van der Waals surface area contributed by atoms with Crippen LogP contribution in [0.15, 0.2) is 18.2 Å². The van der Waals surface area contributed by atoms with Gasteiger partial charge in [0.25, 0.3) is 0 Å². The van der Waals surface area contributed by atoms with Crippen molar-refractivity contribution in [1.29, 1.82) is 0 Å². The Bertz CT molecular complexity index is 422. The van der Waals surface area contributed by atoms with Crippen molar-refractivity contribution >= 4 is 28.9 Å². The van der Waals surface area contributed by atoms with Gasteiger partial charge in [-0.3, -0.25) is 4.79 Å². The number of nitrogens with two attached hydrogens (primary N) is 1. The number of carbonyl (C=O) groups excluding carboxylic acids is 1. The molecule has 0 aromatic heterocycles. The summed E-state index contributed by atoms with van der Waals surface area (Å²) in [4.78, 5) is 11.7. The number of halogens is 1. The number of hydrogen-bond donors (Lipinski definition) is 2. The van der Waals surface area contributed by atoms with E-state index in [-0.39, 0.29) is 5.91 Å². The van der Waals surface area contributed by atoms with Crippen LogP contribution in [0.2, 0.25) is 5.02 Å². The number of anilines is 2. The first-order valence-corrected chi connectivity index (χ1v) is 6.79. The van der Waals surface area contributed by atoms with Crippen molar-refractivity contribution in [3.05, 3.63) is 23.2 Å². The summed E-state index contributed by atoms with van der Waals surface area (Å²) in [5.41, 5.74) is 6.79. The Kier molecular flexibility index (Phi) is 6.67. The van der Waals surface area contributed by atoms with Crippen LogP contribution in [-0.2, 0) is 9.53 Å². The predicted molar refractivity (Wildman–Crippen MR) is 79.4 cm³/mol. The summed E-state index contributed by atoms with van der Waals surface area (Å²) in [7, 11) is 0. The molecule has 0 aliphatic rings. The van der Waals surface area contributed by atoms with Crippen LogP contribution in [0.4, 0.5) is 11.4 Å². The first-order chi connectivity index (χ1) is 8.99. The molecule has 3 N–H and O–H groups in total. The zero-order chi connectivity index (χ0) is 14.3. The summed E-state index contributed by atoms with van der Waals surface area (Å²) in [6.45, 7) is 5.39. The van der Waals surface area contributed by atoms with Crippen LogP contribution >= 0.6 is 11.6 Å². The van der Waals surface area contributed by atoms with Gasteiger partial charge >= 0.3 is 0 Å². The molecular formula is C14H21ClN2O2. The Morgan fingerprint density at radius 1 is 1.42 bits per heavy atom. The standard InChI is InChI=1S/C14H21ClN2O2/c1-10(2)5-7-19-8-6-14(18)17-13-4-3-11(15)9-12(13)16/h3-4,9-10H,5-8,16H2,1-2H3,(H,17,18). The van der Waals surface area contributed by atoms with Crippen LogP contribution in [0.5, 0.6) is 0 Å². The van der Waals surface area contributed by atoms with E-state index in [1.54, 1.807) is 18.2 Å². The summed E-state index contributed by atoms with van der Waals surface area (Å²) in [6.07, 6.45) is 1.33. The molecule has 19 heavy (non-hydrogen) atoms. The van der Waals surface area contributed by atoms with Gasteiger partial charge in [0.05, 0.1) is 24.4 Å². The van der Waals surface area contributed by atoms with Crippen LogP contribution < -0.4 is 11.1 Å². The third-order valence-corrected chi connectivity index (χ3v) is 2.84. The molecule has 0 spiro atoms. The SMILES string of the molecule is CC(C)CCOCCC(=O)Nc1ccc(Cl)cc1N. The molecule has 0 radical (unpaired) electrons. The van der Waals surface area contributed by atoms with E-state index in [1.807, 2.05) is 0 Å². The van der Waals surface area contributed by atoms with Gasteiger partial charge < -0.3 is 15.8 Å². The number of ether oxygens (including phenoxy) is 1. The van der Waals surface area contributed by atoms with Crippen LogP contribution in [0, 0.1) is 5.92 Å². The van der Waals surface area contributed by atoms with E-state index in [1.165, 1.54) is 0 Å². The lowest BCUT2D eigenvalue weighted by Crippen LogP contribution is -2.15. The predicted octanol–water partition coefficient (Wildman–Crippen LogP) is 3.31. The molecule has 106 valence electrons. The molecule has 0 aliphatic carbocycles. The Morgan fingerprint density at radius 2 is 2.16 bits per heavy atom. The van der Waals surface area contributed by atoms with Gasteiger partial charge in [-0.05, 0) is 30.5 Å². The highest BCUT2D eigenvalue weighted by Crippen LogP contribution is 2.22. The van der Waals surface area contributed by atoms with Crippen molar-refractivity contribution in [3.63, 3.8) is 0 Å². The highest BCUT2D eigenvalue weighted by molar-refractivity contribution is 6.31. The minimum Gasteiger partial charge on any atom is -0.397 e. The third-order valence-electron chi connectivity index (χ3n) is 2.60. The quantitative estimate of drug-likeness (QED) is 0.596. The zero-order valence-corrected chi connectivity index (χ0v) is 12.2. The summed E-state index contributed by atoms with van der Waals surface area (Å²) in [5, 5.41) is 3.28. The first-order valence-electron chi connectivity index (χ1n) is 6.41. The van der Waals surface area contributed by atoms with Crippen molar-refractivity contribution < 1.29 is 9.53 Å². The second-order valence-corrected chi connectivity index (χ2v) is 5.26. The lowest BCUT2D eigenvalue weighted by atomic mass is 10.1. The topological polar surface area (TPSA) is 64.3 Å². The summed E-state index contributed by atoms with van der Waals surface area (Å²) in [6, 6.07) is 4.98. The molecule has 0 saturated heterocycles. The zero-order valence-electron chi connectivity index (χ0n) is 11.4. The van der Waals surface area contributed by atoms with Crippen LogP contribution in [-0.4, -0.2) is 19.1 Å². The fourth-order valence-corrected chi connectivity index (χ4v) is 1.63. The lowest BCUT2D eigenvalue weighted by molar-refractivity contribution is -0.117. The van der Waals surface area contributed by atoms with Gasteiger partial charge in [0.15, 0.2) is 0 Å². The van der Waals surface area contributed by atoms with Gasteiger partial charge in [-0.2, -0.15) is 0 Å². The lowest BCUT2D eigenvalue weighted by Gasteiger charge is -2.09. The Balaban J connectivity index is 2.27. The molecule has 1 aromatic carbocycles. The Hall–Kier alpha value is -1.26. The average Bonchev–Trinajstić information content (AvgIpc) is 2.32. The minimum atomic E-state index is -0.112. The van der Waals surface area contributed by atoms with Crippen molar-refractivity contribution in [3.8, 4) is 0 Å². The van der Waals surface area contributed by atoms with Crippen LogP contribution in [0.1, 0.15) is 26.7 Å². The maximum absolute atomic E-state index is 11.7. The van der Waals surface area contributed by atoms with Crippen molar-refractivity contribution in [2.75, 3.05) is 24.3 Å². The number of nitrogen functional groups attached to an aromatic ring is 1. The average molecular weight is 285 g/mol. The highest BCUT2D eigenvalue weighted by Gasteiger charge is 2.05. The maximum Gasteiger partial charge on any atom is 0.226 e. The normalized spacial score (nSPS) is 10.7. The molecule has 0 heterocycles. The molecule has 1 amide bonds. The van der Waals surface area contributed by atoms with E-state index in [9.17, 15) is 4.79 Å². The second kappa shape index (κ2) is 8.02. The van der Waals surface area contributed by atoms with E-state index in [4.69, 9.17) is 22.1 Å². The van der Waals surface area contributed by atoms with Gasteiger partial charge in [-0.25, -0.2) is 0 Å². The first kappa shape index (κ1) is 15.8. The maximum atomic E-state index is 11.7. The van der Waals surface area contributed by atoms with E-state index in [0.717, 1.165) is 6.42 Å². The second-order valence-electron chi connectivity index (χ2n) is 4.82. The van der Waals surface area contributed by atoms with Crippen molar-refractivity contribution in [2.45, 2.75) is 26.7 Å². The molecule has 0 bridgehead atoms. The minimum absolute atomic E-state index is 0.112. The smallest absolute Gasteiger partial charge is 0.226 e. The van der Waals surface area contributed by atoms with Gasteiger partial charge in [0, 0.05) is 11.6 Å². The van der Waals surface area contributed by atoms with Crippen LogP contribution in [0.3, 0.4) is 0 Å². The molecule has 0 aliphatic heterocycles. The number of carbonyl (C=O) groups is 1. The van der Waals surface area contributed by atoms with Crippen LogP contribution in [0.25, 0.3) is 0 Å². The molecule has 0 atom stereocenters.